The van der Waals surface area contributed by atoms with Crippen molar-refractivity contribution < 1.29 is 5.11 Å². The van der Waals surface area contributed by atoms with Gasteiger partial charge in [-0.2, -0.15) is 10.1 Å². The van der Waals surface area contributed by atoms with Crippen molar-refractivity contribution in [3.05, 3.63) is 6.20 Å². The third-order valence-electron chi connectivity index (χ3n) is 3.63. The summed E-state index contributed by atoms with van der Waals surface area (Å²) in [5.74, 6) is -0.493. The predicted molar refractivity (Wildman–Crippen MR) is 83.1 cm³/mol. The average Bonchev–Trinajstić information content (AvgIpc) is 2.78. The van der Waals surface area contributed by atoms with E-state index in [1.807, 2.05) is 0 Å². The maximum absolute atomic E-state index is 9.01. The monoisotopic (exact) mass is 308 g/mol. The number of hydrogen-bond donors (Lipinski definition) is 6. The van der Waals surface area contributed by atoms with Gasteiger partial charge in [-0.15, -0.1) is 0 Å². The van der Waals surface area contributed by atoms with Crippen LogP contribution in [0.15, 0.2) is 16.2 Å². The second kappa shape index (κ2) is 4.56. The number of fused-ring (bicyclic) bond motifs is 2. The molecule has 22 heavy (non-hydrogen) atoms. The minimum atomic E-state index is -1.44. The third-order valence-corrected chi connectivity index (χ3v) is 3.63. The Bertz CT molecular complexity index is 664. The lowest BCUT2D eigenvalue weighted by Gasteiger charge is -2.48. The van der Waals surface area contributed by atoms with Crippen molar-refractivity contribution in [3.63, 3.8) is 0 Å². The molecule has 0 radical (unpaired) electrons. The van der Waals surface area contributed by atoms with E-state index in [9.17, 15) is 0 Å². The molecule has 0 saturated heterocycles. The summed E-state index contributed by atoms with van der Waals surface area (Å²) in [4.78, 5) is 10.2. The first-order valence-corrected chi connectivity index (χ1v) is 6.73. The lowest BCUT2D eigenvalue weighted by atomic mass is 9.97. The quantitative estimate of drug-likeness (QED) is 0.342. The van der Waals surface area contributed by atoms with E-state index in [1.54, 1.807) is 29.9 Å². The highest BCUT2D eigenvalue weighted by molar-refractivity contribution is 6.06. The smallest absolute Gasteiger partial charge is 0.232 e. The first-order chi connectivity index (χ1) is 10.3. The zero-order valence-corrected chi connectivity index (χ0v) is 12.4. The van der Waals surface area contributed by atoms with Gasteiger partial charge in [0.05, 0.1) is 25.0 Å². The maximum Gasteiger partial charge on any atom is 0.232 e. The topological polar surface area (TPSA) is 168 Å². The van der Waals surface area contributed by atoms with Crippen LogP contribution in [-0.4, -0.2) is 63.7 Å². The number of aromatic nitrogens is 2. The molecule has 0 fully saturated rings. The van der Waals surface area contributed by atoms with Gasteiger partial charge in [0.1, 0.15) is 5.84 Å². The molecule has 2 aliphatic rings. The number of amidine groups is 1. The summed E-state index contributed by atoms with van der Waals surface area (Å²) in [6.07, 6.45) is 1.70. The largest absolute Gasteiger partial charge is 0.394 e. The van der Waals surface area contributed by atoms with Crippen molar-refractivity contribution in [1.29, 1.82) is 0 Å². The second-order valence-corrected chi connectivity index (χ2v) is 5.51. The van der Waals surface area contributed by atoms with Crippen LogP contribution < -0.4 is 27.8 Å². The number of nitrogens with one attached hydrogen (secondary N) is 2. The summed E-state index contributed by atoms with van der Waals surface area (Å²) in [6, 6.07) is 0. The van der Waals surface area contributed by atoms with E-state index in [0.717, 1.165) is 0 Å². The van der Waals surface area contributed by atoms with Gasteiger partial charge >= 0.3 is 0 Å². The van der Waals surface area contributed by atoms with E-state index in [1.165, 1.54) is 0 Å². The molecular weight excluding hydrogens is 288 g/mol. The molecule has 1 aromatic heterocycles. The van der Waals surface area contributed by atoms with Crippen molar-refractivity contribution in [1.82, 2.24) is 14.7 Å². The van der Waals surface area contributed by atoms with E-state index < -0.39 is 11.4 Å². The summed E-state index contributed by atoms with van der Waals surface area (Å²) in [5.41, 5.74) is 17.9. The highest BCUT2D eigenvalue weighted by Crippen LogP contribution is 2.36. The van der Waals surface area contributed by atoms with Crippen LogP contribution >= 0.6 is 0 Å². The molecule has 2 aliphatic heterocycles. The summed E-state index contributed by atoms with van der Waals surface area (Å²) in [5, 5.41) is 19.4. The molecule has 0 aliphatic carbocycles. The van der Waals surface area contributed by atoms with Gasteiger partial charge in [0, 0.05) is 14.1 Å². The van der Waals surface area contributed by atoms with Gasteiger partial charge in [0.2, 0.25) is 17.4 Å². The van der Waals surface area contributed by atoms with Gasteiger partial charge in [-0.05, 0) is 0 Å². The van der Waals surface area contributed by atoms with E-state index in [2.05, 4.69) is 25.7 Å². The molecule has 2 atom stereocenters. The van der Waals surface area contributed by atoms with E-state index >= 15 is 0 Å². The second-order valence-electron chi connectivity index (χ2n) is 5.51. The Morgan fingerprint density at radius 2 is 2.09 bits per heavy atom. The molecule has 3 rings (SSSR count). The van der Waals surface area contributed by atoms with Gasteiger partial charge < -0.3 is 26.4 Å². The molecular formula is C11H20N10O. The number of aliphatic hydroxyl groups excluding tert-OH is 1. The Morgan fingerprint density at radius 3 is 2.73 bits per heavy atom. The van der Waals surface area contributed by atoms with Crippen LogP contribution in [0.3, 0.4) is 0 Å². The van der Waals surface area contributed by atoms with Crippen LogP contribution in [0.1, 0.15) is 0 Å². The predicted octanol–water partition coefficient (Wildman–Crippen LogP) is -2.73. The van der Waals surface area contributed by atoms with Gasteiger partial charge in [-0.25, -0.2) is 4.99 Å². The number of nitrogens with two attached hydrogens (primary N) is 3. The zero-order chi connectivity index (χ0) is 16.1. The molecule has 0 aromatic carbocycles. The Hall–Kier alpha value is -2.37. The number of anilines is 2. The first kappa shape index (κ1) is 14.6. The lowest BCUT2D eigenvalue weighted by molar-refractivity contribution is 0.269. The van der Waals surface area contributed by atoms with Gasteiger partial charge in [-0.1, -0.05) is 0 Å². The molecule has 3 heterocycles. The van der Waals surface area contributed by atoms with Crippen LogP contribution in [0.5, 0.6) is 0 Å². The number of rotatable bonds is 2. The summed E-state index contributed by atoms with van der Waals surface area (Å²) in [7, 11) is 3.56. The number of aliphatic hydroxyl groups is 1. The van der Waals surface area contributed by atoms with Crippen molar-refractivity contribution in [2.24, 2.45) is 27.2 Å². The molecule has 9 N–H and O–H groups in total. The molecule has 11 nitrogen and oxygen atoms in total. The number of hydrogen-bond acceptors (Lipinski definition) is 10. The highest BCUT2D eigenvalue weighted by Gasteiger charge is 2.56. The van der Waals surface area contributed by atoms with Crippen LogP contribution in [0.2, 0.25) is 0 Å². The van der Waals surface area contributed by atoms with E-state index in [0.29, 0.717) is 24.0 Å². The molecule has 0 spiro atoms. The molecule has 2 unspecified atom stereocenters. The van der Waals surface area contributed by atoms with Crippen LogP contribution in [-0.2, 0) is 6.54 Å². The Labute approximate surface area is 126 Å². The van der Waals surface area contributed by atoms with Crippen molar-refractivity contribution in [3.8, 4) is 0 Å². The Morgan fingerprint density at radius 1 is 1.36 bits per heavy atom. The van der Waals surface area contributed by atoms with Crippen molar-refractivity contribution in [2.45, 2.75) is 18.0 Å². The highest BCUT2D eigenvalue weighted by atomic mass is 16.3. The maximum atomic E-state index is 9.01. The zero-order valence-electron chi connectivity index (χ0n) is 12.4. The van der Waals surface area contributed by atoms with E-state index in [4.69, 9.17) is 22.3 Å². The molecule has 0 bridgehead atoms. The van der Waals surface area contributed by atoms with Gasteiger partial charge in [0.25, 0.3) is 0 Å². The fourth-order valence-electron chi connectivity index (χ4n) is 2.36. The number of nitrogens with zero attached hydrogens (tertiary/aromatic N) is 5. The van der Waals surface area contributed by atoms with E-state index in [-0.39, 0.29) is 12.4 Å². The molecule has 0 amide bonds. The number of guanidine groups is 1. The Balaban J connectivity index is 2.06. The summed E-state index contributed by atoms with van der Waals surface area (Å²) in [6.45, 7) is 0.315. The average molecular weight is 308 g/mol. The summed E-state index contributed by atoms with van der Waals surface area (Å²) >= 11 is 0. The standard InChI is InChI=1S/C11H20N10O/c1-20(2)9-15-8(12)10(13)11(14,18-9)17-7-6(16-10)5-21(19-7)3-4-22/h5,16,22H,3-4,13-14H2,1-2H3,(H,17,19)(H2,12,15,18). The molecule has 0 saturated carbocycles. The normalized spacial score (nSPS) is 29.5. The SMILES string of the molecule is CN(C)C1=NC2(N)Nc3nn(CCO)cc3NC2(N)C(N)=N1. The van der Waals surface area contributed by atoms with Crippen LogP contribution in [0.25, 0.3) is 0 Å². The first-order valence-electron chi connectivity index (χ1n) is 6.73. The summed E-state index contributed by atoms with van der Waals surface area (Å²) < 4.78 is 1.57. The van der Waals surface area contributed by atoms with Gasteiger partial charge in [-0.3, -0.25) is 16.1 Å². The van der Waals surface area contributed by atoms with Crippen molar-refractivity contribution in [2.75, 3.05) is 31.3 Å². The molecule has 120 valence electrons. The van der Waals surface area contributed by atoms with Crippen LogP contribution in [0.4, 0.5) is 11.5 Å². The molecule has 1 aromatic rings. The third kappa shape index (κ3) is 1.90. The fourth-order valence-corrected chi connectivity index (χ4v) is 2.36. The van der Waals surface area contributed by atoms with Crippen molar-refractivity contribution >= 4 is 23.3 Å². The molecule has 11 heteroatoms. The minimum Gasteiger partial charge on any atom is -0.394 e. The van der Waals surface area contributed by atoms with Gasteiger partial charge in [0.15, 0.2) is 5.82 Å². The minimum absolute atomic E-state index is 0.0331. The fraction of sp³-hybridized carbons (Fsp3) is 0.545. The lowest BCUT2D eigenvalue weighted by Crippen LogP contribution is -2.81. The number of aliphatic imine (C=N–C) groups is 2. The Kier molecular flexibility index (Phi) is 3.02. The van der Waals surface area contributed by atoms with Crippen LogP contribution in [0, 0.1) is 0 Å².